The Morgan fingerprint density at radius 1 is 0.852 bits per heavy atom. The number of carbonyl (C=O) groups is 2. The minimum Gasteiger partial charge on any atom is -0.453 e. The zero-order chi connectivity index (χ0) is 19.9. The van der Waals surface area contributed by atoms with Crippen LogP contribution in [-0.2, 0) is 9.53 Å². The maximum Gasteiger partial charge on any atom is 0.338 e. The summed E-state index contributed by atoms with van der Waals surface area (Å²) in [5.41, 5.74) is 1.37. The summed E-state index contributed by atoms with van der Waals surface area (Å²) >= 11 is 0. The highest BCUT2D eigenvalue weighted by atomic mass is 28.3. The van der Waals surface area contributed by atoms with E-state index in [1.165, 1.54) is 0 Å². The van der Waals surface area contributed by atoms with Gasteiger partial charge in [0, 0.05) is 0 Å². The Bertz CT molecular complexity index is 730. The fourth-order valence-corrected chi connectivity index (χ4v) is 7.41. The van der Waals surface area contributed by atoms with E-state index in [1.54, 1.807) is 12.1 Å². The molecule has 0 saturated carbocycles. The molecule has 0 aliphatic heterocycles. The SMILES string of the molecule is CC[Si](CC)(CC)C(=O)C(C)C(OC(=O)c1ccccc1)c1ccccc1. The number of rotatable bonds is 9. The third-order valence-electron chi connectivity index (χ3n) is 5.79. The van der Waals surface area contributed by atoms with Gasteiger partial charge in [0.15, 0.2) is 0 Å². The van der Waals surface area contributed by atoms with Crippen LogP contribution < -0.4 is 0 Å². The minimum absolute atomic E-state index is 0.310. The van der Waals surface area contributed by atoms with Gasteiger partial charge in [-0.3, -0.25) is 0 Å². The fraction of sp³-hybridized carbons (Fsp3) is 0.391. The van der Waals surface area contributed by atoms with Gasteiger partial charge in [-0.05, 0) is 17.7 Å². The number of ether oxygens (including phenoxy) is 1. The summed E-state index contributed by atoms with van der Waals surface area (Å²) in [6, 6.07) is 21.4. The van der Waals surface area contributed by atoms with Crippen molar-refractivity contribution < 1.29 is 14.3 Å². The van der Waals surface area contributed by atoms with Crippen molar-refractivity contribution in [2.75, 3.05) is 0 Å². The van der Waals surface area contributed by atoms with Gasteiger partial charge in [0.25, 0.3) is 0 Å². The van der Waals surface area contributed by atoms with Crippen LogP contribution in [0.1, 0.15) is 49.7 Å². The maximum absolute atomic E-state index is 13.5. The zero-order valence-electron chi connectivity index (χ0n) is 16.8. The first kappa shape index (κ1) is 21.1. The normalized spacial score (nSPS) is 13.6. The predicted octanol–water partition coefficient (Wildman–Crippen LogP) is 5.84. The number of carbonyl (C=O) groups excluding carboxylic acids is 2. The summed E-state index contributed by atoms with van der Waals surface area (Å²) < 4.78 is 5.90. The van der Waals surface area contributed by atoms with E-state index in [4.69, 9.17) is 4.74 Å². The van der Waals surface area contributed by atoms with E-state index in [0.717, 1.165) is 23.7 Å². The molecule has 0 aliphatic rings. The standard InChI is InChI=1S/C23H30O3Si/c1-5-27(6-2,7-3)23(25)18(4)21(19-14-10-8-11-15-19)26-22(24)20-16-12-9-13-17-20/h8-18,21H,5-7H2,1-4H3. The average molecular weight is 383 g/mol. The van der Waals surface area contributed by atoms with Crippen LogP contribution in [0.2, 0.25) is 18.1 Å². The van der Waals surface area contributed by atoms with E-state index >= 15 is 0 Å². The van der Waals surface area contributed by atoms with Gasteiger partial charge in [0.2, 0.25) is 0 Å². The molecule has 2 aromatic rings. The van der Waals surface area contributed by atoms with Gasteiger partial charge >= 0.3 is 5.97 Å². The van der Waals surface area contributed by atoms with Crippen molar-refractivity contribution in [1.29, 1.82) is 0 Å². The van der Waals surface area contributed by atoms with Gasteiger partial charge in [-0.15, -0.1) is 0 Å². The molecule has 2 rings (SSSR count). The monoisotopic (exact) mass is 382 g/mol. The molecule has 2 unspecified atom stereocenters. The average Bonchev–Trinajstić information content (AvgIpc) is 2.74. The summed E-state index contributed by atoms with van der Waals surface area (Å²) in [5.74, 6) is -0.743. The highest BCUT2D eigenvalue weighted by Gasteiger charge is 2.42. The molecule has 2 aromatic carbocycles. The van der Waals surface area contributed by atoms with E-state index in [1.807, 2.05) is 55.5 Å². The molecule has 0 aromatic heterocycles. The number of hydrogen-bond donors (Lipinski definition) is 0. The molecule has 144 valence electrons. The fourth-order valence-electron chi connectivity index (χ4n) is 3.75. The van der Waals surface area contributed by atoms with E-state index in [2.05, 4.69) is 20.8 Å². The van der Waals surface area contributed by atoms with Gasteiger partial charge in [0.1, 0.15) is 19.6 Å². The smallest absolute Gasteiger partial charge is 0.338 e. The van der Waals surface area contributed by atoms with Crippen molar-refractivity contribution >= 4 is 19.4 Å². The lowest BCUT2D eigenvalue weighted by molar-refractivity contribution is -0.119. The Labute approximate surface area is 163 Å². The molecule has 0 heterocycles. The Hall–Kier alpha value is -2.20. The van der Waals surface area contributed by atoms with Gasteiger partial charge in [0.05, 0.1) is 11.5 Å². The van der Waals surface area contributed by atoms with Crippen LogP contribution in [0, 0.1) is 5.92 Å². The van der Waals surface area contributed by atoms with Crippen LogP contribution in [0.15, 0.2) is 60.7 Å². The van der Waals surface area contributed by atoms with E-state index in [-0.39, 0.29) is 11.9 Å². The molecule has 3 nitrogen and oxygen atoms in total. The van der Waals surface area contributed by atoms with Gasteiger partial charge in [-0.25, -0.2) is 4.79 Å². The summed E-state index contributed by atoms with van der Waals surface area (Å²) in [4.78, 5) is 26.2. The van der Waals surface area contributed by atoms with Crippen LogP contribution >= 0.6 is 0 Å². The molecule has 4 heteroatoms. The molecule has 0 radical (unpaired) electrons. The number of esters is 1. The lowest BCUT2D eigenvalue weighted by Crippen LogP contribution is -2.47. The van der Waals surface area contributed by atoms with Crippen LogP contribution in [0.3, 0.4) is 0 Å². The molecule has 0 aliphatic carbocycles. The third kappa shape index (κ3) is 4.75. The molecule has 2 atom stereocenters. The minimum atomic E-state index is -2.04. The number of hydrogen-bond acceptors (Lipinski definition) is 3. The van der Waals surface area contributed by atoms with Crippen molar-refractivity contribution in [3.05, 3.63) is 71.8 Å². The zero-order valence-corrected chi connectivity index (χ0v) is 17.8. The molecule has 0 bridgehead atoms. The Morgan fingerprint density at radius 3 is 1.81 bits per heavy atom. The first-order chi connectivity index (χ1) is 13.0. The molecule has 0 N–H and O–H groups in total. The molecule has 0 saturated heterocycles. The van der Waals surface area contributed by atoms with Crippen LogP contribution in [0.5, 0.6) is 0 Å². The highest BCUT2D eigenvalue weighted by molar-refractivity contribution is 7.06. The molecule has 27 heavy (non-hydrogen) atoms. The Morgan fingerprint density at radius 2 is 1.33 bits per heavy atom. The molecule has 0 amide bonds. The number of benzene rings is 2. The maximum atomic E-state index is 13.5. The van der Waals surface area contributed by atoms with Crippen molar-refractivity contribution in [2.45, 2.75) is 51.9 Å². The molecule has 0 spiro atoms. The van der Waals surface area contributed by atoms with E-state index < -0.39 is 14.2 Å². The molecular formula is C23H30O3Si. The van der Waals surface area contributed by atoms with E-state index in [9.17, 15) is 9.59 Å². The van der Waals surface area contributed by atoms with Crippen LogP contribution in [0.25, 0.3) is 0 Å². The first-order valence-electron chi connectivity index (χ1n) is 9.84. The van der Waals surface area contributed by atoms with Crippen LogP contribution in [-0.4, -0.2) is 19.4 Å². The Balaban J connectivity index is 2.35. The first-order valence-corrected chi connectivity index (χ1v) is 12.5. The second kappa shape index (κ2) is 9.65. The molecule has 0 fully saturated rings. The summed E-state index contributed by atoms with van der Waals surface area (Å²) in [6.45, 7) is 8.28. The topological polar surface area (TPSA) is 43.4 Å². The largest absolute Gasteiger partial charge is 0.453 e. The summed E-state index contributed by atoms with van der Waals surface area (Å²) in [5, 5.41) is 0.310. The summed E-state index contributed by atoms with van der Waals surface area (Å²) in [7, 11) is -2.04. The lowest BCUT2D eigenvalue weighted by Gasteiger charge is -2.33. The third-order valence-corrected chi connectivity index (χ3v) is 11.4. The second-order valence-electron chi connectivity index (χ2n) is 7.10. The highest BCUT2D eigenvalue weighted by Crippen LogP contribution is 2.34. The van der Waals surface area contributed by atoms with Gasteiger partial charge < -0.3 is 9.53 Å². The molecular weight excluding hydrogens is 352 g/mol. The van der Waals surface area contributed by atoms with Gasteiger partial charge in [-0.2, -0.15) is 0 Å². The van der Waals surface area contributed by atoms with Crippen LogP contribution in [0.4, 0.5) is 0 Å². The van der Waals surface area contributed by atoms with E-state index in [0.29, 0.717) is 11.0 Å². The van der Waals surface area contributed by atoms with Gasteiger partial charge in [-0.1, -0.05) is 94.4 Å². The second-order valence-corrected chi connectivity index (χ2v) is 12.3. The summed E-state index contributed by atoms with van der Waals surface area (Å²) in [6.07, 6.45) is -0.567. The quantitative estimate of drug-likeness (QED) is 0.404. The van der Waals surface area contributed by atoms with Crippen molar-refractivity contribution in [2.24, 2.45) is 5.92 Å². The van der Waals surface area contributed by atoms with Crippen molar-refractivity contribution in [3.8, 4) is 0 Å². The predicted molar refractivity (Wildman–Crippen MR) is 112 cm³/mol. The lowest BCUT2D eigenvalue weighted by atomic mass is 9.98. The van der Waals surface area contributed by atoms with Crippen molar-refractivity contribution in [1.82, 2.24) is 0 Å². The Kier molecular flexibility index (Phi) is 7.54. The van der Waals surface area contributed by atoms with Crippen molar-refractivity contribution in [3.63, 3.8) is 0 Å².